The van der Waals surface area contributed by atoms with Gasteiger partial charge in [0.05, 0.1) is 21.4 Å². The summed E-state index contributed by atoms with van der Waals surface area (Å²) in [7, 11) is 0. The molecule has 3 aromatic carbocycles. The molecule has 0 radical (unpaired) electrons. The van der Waals surface area contributed by atoms with Crippen molar-refractivity contribution in [1.82, 2.24) is 5.32 Å². The minimum absolute atomic E-state index is 0.00606. The van der Waals surface area contributed by atoms with Gasteiger partial charge in [-0.25, -0.2) is 4.79 Å². The quantitative estimate of drug-likeness (QED) is 0.506. The second-order valence-corrected chi connectivity index (χ2v) is 7.26. The summed E-state index contributed by atoms with van der Waals surface area (Å²) in [6.07, 6.45) is 0. The predicted octanol–water partition coefficient (Wildman–Crippen LogP) is 6.38. The Morgan fingerprint density at radius 3 is 2.26 bits per heavy atom. The number of aromatic hydroxyl groups is 1. The number of hydrogen-bond acceptors (Lipinski definition) is 2. The van der Waals surface area contributed by atoms with Crippen LogP contribution in [0.2, 0.25) is 15.1 Å². The van der Waals surface area contributed by atoms with Crippen LogP contribution in [0.15, 0.2) is 54.6 Å². The van der Waals surface area contributed by atoms with E-state index >= 15 is 0 Å². The molecule has 0 unspecified atom stereocenters. The second kappa shape index (κ2) is 6.97. The maximum atomic E-state index is 12.7. The summed E-state index contributed by atoms with van der Waals surface area (Å²) in [5.41, 5.74) is 3.14. The molecule has 0 bridgehead atoms. The molecule has 1 aliphatic rings. The molecule has 7 heteroatoms. The number of carbonyl (C=O) groups excluding carboxylic acids is 1. The van der Waals surface area contributed by atoms with Crippen LogP contribution in [0.4, 0.5) is 16.2 Å². The number of nitrogens with zero attached hydrogens (tertiary/aromatic N) is 1. The van der Waals surface area contributed by atoms with Gasteiger partial charge in [-0.05, 0) is 29.8 Å². The lowest BCUT2D eigenvalue weighted by Crippen LogP contribution is -2.41. The number of phenols is 1. The number of benzene rings is 3. The Morgan fingerprint density at radius 1 is 0.889 bits per heavy atom. The Morgan fingerprint density at radius 2 is 1.56 bits per heavy atom. The van der Waals surface area contributed by atoms with Crippen molar-refractivity contribution < 1.29 is 9.90 Å². The molecule has 3 aromatic rings. The summed E-state index contributed by atoms with van der Waals surface area (Å²) in [4.78, 5) is 14.1. The summed E-state index contributed by atoms with van der Waals surface area (Å²) in [5, 5.41) is 14.4. The second-order valence-electron chi connectivity index (χ2n) is 6.04. The first-order valence-electron chi connectivity index (χ1n) is 8.10. The average Bonchev–Trinajstić information content (AvgIpc) is 2.63. The van der Waals surface area contributed by atoms with Gasteiger partial charge in [0.25, 0.3) is 0 Å². The largest absolute Gasteiger partial charge is 0.508 e. The Balaban J connectivity index is 1.99. The third-order valence-electron chi connectivity index (χ3n) is 4.40. The van der Waals surface area contributed by atoms with Crippen LogP contribution in [-0.4, -0.2) is 11.1 Å². The minimum Gasteiger partial charge on any atom is -0.508 e. The van der Waals surface area contributed by atoms with Gasteiger partial charge >= 0.3 is 6.03 Å². The molecule has 0 atom stereocenters. The van der Waals surface area contributed by atoms with E-state index in [1.807, 2.05) is 18.2 Å². The van der Waals surface area contributed by atoms with E-state index in [0.29, 0.717) is 26.4 Å². The van der Waals surface area contributed by atoms with Gasteiger partial charge in [-0.1, -0.05) is 59.1 Å². The van der Waals surface area contributed by atoms with Crippen LogP contribution in [0.1, 0.15) is 5.56 Å². The topological polar surface area (TPSA) is 52.6 Å². The molecule has 136 valence electrons. The van der Waals surface area contributed by atoms with E-state index in [-0.39, 0.29) is 18.3 Å². The predicted molar refractivity (Wildman–Crippen MR) is 109 cm³/mol. The number of hydrogen-bond donors (Lipinski definition) is 2. The summed E-state index contributed by atoms with van der Waals surface area (Å²) >= 11 is 19.0. The van der Waals surface area contributed by atoms with E-state index in [2.05, 4.69) is 5.32 Å². The average molecular weight is 420 g/mol. The van der Waals surface area contributed by atoms with Crippen molar-refractivity contribution in [3.05, 3.63) is 75.2 Å². The fourth-order valence-electron chi connectivity index (χ4n) is 3.22. The van der Waals surface area contributed by atoms with Gasteiger partial charge in [0.2, 0.25) is 0 Å². The van der Waals surface area contributed by atoms with Crippen molar-refractivity contribution >= 4 is 52.2 Å². The van der Waals surface area contributed by atoms with Crippen molar-refractivity contribution in [3.8, 4) is 16.9 Å². The van der Waals surface area contributed by atoms with Crippen LogP contribution in [0.25, 0.3) is 11.1 Å². The number of phenolic OH excluding ortho intramolecular Hbond substituents is 1. The zero-order valence-corrected chi connectivity index (χ0v) is 16.1. The summed E-state index contributed by atoms with van der Waals surface area (Å²) in [6.45, 7) is 0.285. The standard InChI is InChI=1S/C20H13Cl3N2O2/c21-15-5-2-1-4-12(15)13-8-11(26)9-18-14(13)10-24-20(27)25(18)19-16(22)6-3-7-17(19)23/h1-9,26H,10H2,(H,24,27). The molecular formula is C20H13Cl3N2O2. The molecule has 0 aromatic heterocycles. The highest BCUT2D eigenvalue weighted by Gasteiger charge is 2.31. The molecular weight excluding hydrogens is 407 g/mol. The summed E-state index contributed by atoms with van der Waals surface area (Å²) < 4.78 is 0. The molecule has 0 fully saturated rings. The number of fused-ring (bicyclic) bond motifs is 1. The van der Waals surface area contributed by atoms with Gasteiger partial charge in [0.1, 0.15) is 5.75 Å². The van der Waals surface area contributed by atoms with E-state index < -0.39 is 0 Å². The molecule has 0 aliphatic carbocycles. The number of rotatable bonds is 2. The monoisotopic (exact) mass is 418 g/mol. The van der Waals surface area contributed by atoms with Gasteiger partial charge in [0, 0.05) is 28.8 Å². The van der Waals surface area contributed by atoms with Crippen molar-refractivity contribution in [2.75, 3.05) is 4.90 Å². The van der Waals surface area contributed by atoms with Crippen LogP contribution >= 0.6 is 34.8 Å². The Labute approximate surface area is 170 Å². The Kier molecular flexibility index (Phi) is 4.64. The highest BCUT2D eigenvalue weighted by atomic mass is 35.5. The maximum absolute atomic E-state index is 12.7. The van der Waals surface area contributed by atoms with Gasteiger partial charge in [0.15, 0.2) is 0 Å². The van der Waals surface area contributed by atoms with Crippen LogP contribution in [-0.2, 0) is 6.54 Å². The van der Waals surface area contributed by atoms with Crippen LogP contribution in [0.3, 0.4) is 0 Å². The van der Waals surface area contributed by atoms with Crippen molar-refractivity contribution in [2.24, 2.45) is 0 Å². The highest BCUT2D eigenvalue weighted by Crippen LogP contribution is 2.45. The number of para-hydroxylation sites is 1. The Bertz CT molecular complexity index is 1050. The molecule has 27 heavy (non-hydrogen) atoms. The number of nitrogens with one attached hydrogen (secondary N) is 1. The molecule has 0 spiro atoms. The third-order valence-corrected chi connectivity index (χ3v) is 5.34. The van der Waals surface area contributed by atoms with Crippen LogP contribution < -0.4 is 10.2 Å². The van der Waals surface area contributed by atoms with Gasteiger partial charge in [-0.15, -0.1) is 0 Å². The number of amides is 2. The van der Waals surface area contributed by atoms with Gasteiger partial charge in [-0.3, -0.25) is 4.90 Å². The maximum Gasteiger partial charge on any atom is 0.326 e. The SMILES string of the molecule is O=C1NCc2c(-c3ccccc3Cl)cc(O)cc2N1c1c(Cl)cccc1Cl. The molecule has 4 nitrogen and oxygen atoms in total. The fourth-order valence-corrected chi connectivity index (χ4v) is 4.03. The molecule has 1 aliphatic heterocycles. The van der Waals surface area contributed by atoms with Gasteiger partial charge < -0.3 is 10.4 Å². The van der Waals surface area contributed by atoms with Crippen LogP contribution in [0, 0.1) is 0 Å². The first-order valence-corrected chi connectivity index (χ1v) is 9.23. The summed E-state index contributed by atoms with van der Waals surface area (Å²) in [5.74, 6) is 0.00606. The Hall–Kier alpha value is -2.40. The lowest BCUT2D eigenvalue weighted by atomic mass is 9.95. The lowest BCUT2D eigenvalue weighted by molar-refractivity contribution is 0.247. The summed E-state index contributed by atoms with van der Waals surface area (Å²) in [6, 6.07) is 15.1. The number of halogens is 3. The van der Waals surface area contributed by atoms with Crippen molar-refractivity contribution in [2.45, 2.75) is 6.54 Å². The van der Waals surface area contributed by atoms with Crippen molar-refractivity contribution in [3.63, 3.8) is 0 Å². The first-order chi connectivity index (χ1) is 13.0. The molecule has 0 saturated heterocycles. The van der Waals surface area contributed by atoms with Gasteiger partial charge in [-0.2, -0.15) is 0 Å². The van der Waals surface area contributed by atoms with E-state index in [1.54, 1.807) is 30.3 Å². The van der Waals surface area contributed by atoms with Crippen molar-refractivity contribution in [1.29, 1.82) is 0 Å². The molecule has 4 rings (SSSR count). The van der Waals surface area contributed by atoms with Crippen LogP contribution in [0.5, 0.6) is 5.75 Å². The molecule has 2 N–H and O–H groups in total. The van der Waals surface area contributed by atoms with E-state index in [0.717, 1.165) is 16.7 Å². The fraction of sp³-hybridized carbons (Fsp3) is 0.0500. The number of carbonyl (C=O) groups is 1. The smallest absolute Gasteiger partial charge is 0.326 e. The molecule has 2 amide bonds. The number of urea groups is 1. The normalized spacial score (nSPS) is 13.3. The number of anilines is 2. The zero-order chi connectivity index (χ0) is 19.1. The first kappa shape index (κ1) is 18.0. The highest BCUT2D eigenvalue weighted by molar-refractivity contribution is 6.40. The lowest BCUT2D eigenvalue weighted by Gasteiger charge is -2.32. The van der Waals surface area contributed by atoms with E-state index in [9.17, 15) is 9.90 Å². The zero-order valence-electron chi connectivity index (χ0n) is 13.8. The molecule has 0 saturated carbocycles. The minimum atomic E-state index is -0.381. The third kappa shape index (κ3) is 3.10. The molecule has 1 heterocycles. The van der Waals surface area contributed by atoms with E-state index in [1.165, 1.54) is 11.0 Å². The van der Waals surface area contributed by atoms with E-state index in [4.69, 9.17) is 34.8 Å².